The highest BCUT2D eigenvalue weighted by Crippen LogP contribution is 2.21. The van der Waals surface area contributed by atoms with E-state index in [0.717, 1.165) is 3.79 Å². The number of carboxylic acids is 1. The van der Waals surface area contributed by atoms with Gasteiger partial charge in [0.15, 0.2) is 0 Å². The summed E-state index contributed by atoms with van der Waals surface area (Å²) in [6.07, 6.45) is -0.415. The van der Waals surface area contributed by atoms with E-state index in [1.807, 2.05) is 0 Å². The number of hydrogen-bond donors (Lipinski definition) is 3. The molecule has 3 N–H and O–H groups in total. The minimum Gasteiger partial charge on any atom is -0.481 e. The van der Waals surface area contributed by atoms with E-state index in [1.54, 1.807) is 12.1 Å². The highest BCUT2D eigenvalue weighted by atomic mass is 79.9. The average molecular weight is 322 g/mol. The first-order chi connectivity index (χ1) is 7.80. The molecular weight excluding hydrogens is 310 g/mol. The number of aliphatic hydroxyl groups is 1. The van der Waals surface area contributed by atoms with Crippen LogP contribution in [0.3, 0.4) is 0 Å². The molecule has 94 valence electrons. The Bertz CT molecular complexity index is 430. The van der Waals surface area contributed by atoms with Gasteiger partial charge in [-0.05, 0) is 35.0 Å². The number of carbonyl (C=O) groups excluding carboxylic acids is 1. The van der Waals surface area contributed by atoms with Crippen molar-refractivity contribution in [2.24, 2.45) is 0 Å². The number of nitrogens with one attached hydrogen (secondary N) is 1. The highest BCUT2D eigenvalue weighted by molar-refractivity contribution is 9.11. The third kappa shape index (κ3) is 4.84. The molecular formula is C10H12BrNO4S. The van der Waals surface area contributed by atoms with Crippen LogP contribution < -0.4 is 5.32 Å². The lowest BCUT2D eigenvalue weighted by Crippen LogP contribution is -2.41. The van der Waals surface area contributed by atoms with Crippen molar-refractivity contribution in [3.8, 4) is 0 Å². The Morgan fingerprint density at radius 1 is 1.53 bits per heavy atom. The molecule has 1 aromatic heterocycles. The molecule has 0 aliphatic rings. The molecule has 0 aliphatic heterocycles. The van der Waals surface area contributed by atoms with Crippen molar-refractivity contribution in [2.75, 3.05) is 6.54 Å². The molecule has 0 fully saturated rings. The summed E-state index contributed by atoms with van der Waals surface area (Å²) in [6.45, 7) is 1.26. The van der Waals surface area contributed by atoms with E-state index in [1.165, 1.54) is 18.3 Å². The molecule has 0 aliphatic carbocycles. The summed E-state index contributed by atoms with van der Waals surface area (Å²) in [5.74, 6) is -1.44. The molecule has 1 rings (SSSR count). The molecule has 0 saturated heterocycles. The summed E-state index contributed by atoms with van der Waals surface area (Å²) >= 11 is 4.50. The zero-order valence-electron chi connectivity index (χ0n) is 9.07. The summed E-state index contributed by atoms with van der Waals surface area (Å²) in [4.78, 5) is 22.6. The lowest BCUT2D eigenvalue weighted by molar-refractivity contribution is -0.141. The lowest BCUT2D eigenvalue weighted by atomic mass is 10.0. The fourth-order valence-corrected chi connectivity index (χ4v) is 2.48. The van der Waals surface area contributed by atoms with E-state index in [4.69, 9.17) is 5.11 Å². The first-order valence-electron chi connectivity index (χ1n) is 4.78. The van der Waals surface area contributed by atoms with Crippen molar-refractivity contribution >= 4 is 39.1 Å². The Morgan fingerprint density at radius 2 is 2.18 bits per heavy atom. The van der Waals surface area contributed by atoms with Crippen molar-refractivity contribution in [2.45, 2.75) is 18.9 Å². The van der Waals surface area contributed by atoms with Crippen molar-refractivity contribution < 1.29 is 19.8 Å². The zero-order chi connectivity index (χ0) is 13.1. The number of carboxylic acid groups (broad SMARTS) is 1. The van der Waals surface area contributed by atoms with Gasteiger partial charge in [0, 0.05) is 6.54 Å². The van der Waals surface area contributed by atoms with Crippen molar-refractivity contribution in [3.05, 3.63) is 20.8 Å². The lowest BCUT2D eigenvalue weighted by Gasteiger charge is -2.21. The van der Waals surface area contributed by atoms with Crippen LogP contribution in [-0.2, 0) is 4.79 Å². The molecule has 0 spiro atoms. The minimum absolute atomic E-state index is 0.104. The number of carbonyl (C=O) groups is 2. The first kappa shape index (κ1) is 14.1. The Morgan fingerprint density at radius 3 is 2.65 bits per heavy atom. The maximum Gasteiger partial charge on any atom is 0.306 e. The normalized spacial score (nSPS) is 14.1. The molecule has 1 heterocycles. The minimum atomic E-state index is -1.45. The average Bonchev–Trinajstić information content (AvgIpc) is 2.59. The second-order valence-electron chi connectivity index (χ2n) is 3.85. The third-order valence-corrected chi connectivity index (χ3v) is 3.58. The maximum atomic E-state index is 11.6. The molecule has 1 aromatic rings. The summed E-state index contributed by atoms with van der Waals surface area (Å²) < 4.78 is 0.833. The van der Waals surface area contributed by atoms with Gasteiger partial charge in [-0.1, -0.05) is 0 Å². The molecule has 5 nitrogen and oxygen atoms in total. The van der Waals surface area contributed by atoms with E-state index in [0.29, 0.717) is 4.88 Å². The van der Waals surface area contributed by atoms with Gasteiger partial charge in [0.1, 0.15) is 0 Å². The molecule has 0 aromatic carbocycles. The van der Waals surface area contributed by atoms with Crippen molar-refractivity contribution in [3.63, 3.8) is 0 Å². The van der Waals surface area contributed by atoms with Gasteiger partial charge in [0.25, 0.3) is 5.91 Å². The summed E-state index contributed by atoms with van der Waals surface area (Å²) in [7, 11) is 0. The summed E-state index contributed by atoms with van der Waals surface area (Å²) in [5, 5.41) is 20.7. The summed E-state index contributed by atoms with van der Waals surface area (Å²) in [6, 6.07) is 3.39. The van der Waals surface area contributed by atoms with Gasteiger partial charge in [-0.2, -0.15) is 0 Å². The van der Waals surface area contributed by atoms with Gasteiger partial charge in [-0.3, -0.25) is 9.59 Å². The topological polar surface area (TPSA) is 86.6 Å². The van der Waals surface area contributed by atoms with Crippen LogP contribution in [0.2, 0.25) is 0 Å². The predicted octanol–water partition coefficient (Wildman–Crippen LogP) is 1.47. The number of rotatable bonds is 5. The van der Waals surface area contributed by atoms with E-state index >= 15 is 0 Å². The number of halogens is 1. The van der Waals surface area contributed by atoms with E-state index in [9.17, 15) is 14.7 Å². The molecule has 0 saturated carbocycles. The van der Waals surface area contributed by atoms with Crippen molar-refractivity contribution in [1.29, 1.82) is 0 Å². The van der Waals surface area contributed by atoms with Gasteiger partial charge < -0.3 is 15.5 Å². The van der Waals surface area contributed by atoms with Crippen LogP contribution in [-0.4, -0.2) is 34.2 Å². The quantitative estimate of drug-likeness (QED) is 0.766. The van der Waals surface area contributed by atoms with E-state index in [-0.39, 0.29) is 12.5 Å². The van der Waals surface area contributed by atoms with Crippen LogP contribution in [0.4, 0.5) is 0 Å². The van der Waals surface area contributed by atoms with Gasteiger partial charge in [-0.25, -0.2) is 0 Å². The van der Waals surface area contributed by atoms with Crippen LogP contribution >= 0.6 is 27.3 Å². The van der Waals surface area contributed by atoms with Crippen LogP contribution in [0, 0.1) is 0 Å². The fourth-order valence-electron chi connectivity index (χ4n) is 1.18. The molecule has 17 heavy (non-hydrogen) atoms. The monoisotopic (exact) mass is 321 g/mol. The Balaban J connectivity index is 2.51. The Labute approximate surface area is 111 Å². The van der Waals surface area contributed by atoms with Gasteiger partial charge >= 0.3 is 5.97 Å². The van der Waals surface area contributed by atoms with Crippen LogP contribution in [0.15, 0.2) is 15.9 Å². The second kappa shape index (κ2) is 5.61. The number of aliphatic carboxylic acids is 1. The summed E-state index contributed by atoms with van der Waals surface area (Å²) in [5.41, 5.74) is -1.45. The SMILES string of the molecule is CC(O)(CNC(=O)c1ccc(Br)s1)CC(=O)O. The third-order valence-electron chi connectivity index (χ3n) is 1.96. The van der Waals surface area contributed by atoms with Crippen LogP contribution in [0.5, 0.6) is 0 Å². The standard InChI is InChI=1S/C10H12BrNO4S/c1-10(16,4-8(13)14)5-12-9(15)6-2-3-7(11)17-6/h2-3,16H,4-5H2,1H3,(H,12,15)(H,13,14). The first-order valence-corrected chi connectivity index (χ1v) is 6.39. The van der Waals surface area contributed by atoms with Crippen molar-refractivity contribution in [1.82, 2.24) is 5.32 Å². The largest absolute Gasteiger partial charge is 0.481 e. The van der Waals surface area contributed by atoms with E-state index < -0.39 is 18.0 Å². The second-order valence-corrected chi connectivity index (χ2v) is 6.32. The smallest absolute Gasteiger partial charge is 0.306 e. The Kier molecular flexibility index (Phi) is 4.67. The van der Waals surface area contributed by atoms with Crippen LogP contribution in [0.25, 0.3) is 0 Å². The van der Waals surface area contributed by atoms with E-state index in [2.05, 4.69) is 21.2 Å². The van der Waals surface area contributed by atoms with Gasteiger partial charge in [0.2, 0.25) is 0 Å². The molecule has 7 heteroatoms. The Hall–Kier alpha value is -0.920. The highest BCUT2D eigenvalue weighted by Gasteiger charge is 2.25. The number of thiophene rings is 1. The molecule has 1 unspecified atom stereocenters. The number of hydrogen-bond acceptors (Lipinski definition) is 4. The fraction of sp³-hybridized carbons (Fsp3) is 0.400. The van der Waals surface area contributed by atoms with Gasteiger partial charge in [0.05, 0.1) is 20.7 Å². The molecule has 0 radical (unpaired) electrons. The molecule has 0 bridgehead atoms. The molecule has 1 atom stereocenters. The number of amides is 1. The predicted molar refractivity (Wildman–Crippen MR) is 67.2 cm³/mol. The maximum absolute atomic E-state index is 11.6. The van der Waals surface area contributed by atoms with Crippen LogP contribution in [0.1, 0.15) is 23.0 Å². The van der Waals surface area contributed by atoms with Gasteiger partial charge in [-0.15, -0.1) is 11.3 Å². The zero-order valence-corrected chi connectivity index (χ0v) is 11.5. The molecule has 1 amide bonds.